The number of nitro benzene ring substituents is 1. The maximum absolute atomic E-state index is 12.9. The molecule has 0 unspecified atom stereocenters. The molecule has 0 amide bonds. The van der Waals surface area contributed by atoms with Crippen LogP contribution in [0.3, 0.4) is 0 Å². The van der Waals surface area contributed by atoms with Gasteiger partial charge in [0.15, 0.2) is 0 Å². The van der Waals surface area contributed by atoms with Crippen molar-refractivity contribution in [1.82, 2.24) is 0 Å². The lowest BCUT2D eigenvalue weighted by molar-refractivity contribution is -0.387. The van der Waals surface area contributed by atoms with E-state index in [2.05, 4.69) is 0 Å². The second-order valence-corrected chi connectivity index (χ2v) is 2.59. The summed E-state index contributed by atoms with van der Waals surface area (Å²) in [5, 5.41) is 18.7. The van der Waals surface area contributed by atoms with E-state index in [1.807, 2.05) is 0 Å². The normalized spacial score (nSPS) is 9.31. The Hall–Kier alpha value is -1.67. The van der Waals surface area contributed by atoms with Gasteiger partial charge in [0.05, 0.1) is 4.92 Å². The van der Waals surface area contributed by atoms with Crippen molar-refractivity contribution >= 4 is 17.3 Å². The van der Waals surface area contributed by atoms with Gasteiger partial charge in [-0.25, -0.2) is 0 Å². The van der Waals surface area contributed by atoms with E-state index in [1.165, 1.54) is 6.07 Å². The minimum absolute atomic E-state index is 0.0420. The van der Waals surface area contributed by atoms with Gasteiger partial charge < -0.3 is 0 Å². The molecule has 0 saturated carbocycles. The molecule has 6 heteroatoms. The summed E-state index contributed by atoms with van der Waals surface area (Å²) in [5.41, 5.74) is -1.22. The summed E-state index contributed by atoms with van der Waals surface area (Å²) < 4.78 is 12.9. The van der Waals surface area contributed by atoms with E-state index >= 15 is 0 Å². The molecule has 0 aliphatic rings. The second-order valence-electron chi connectivity index (χ2n) is 2.15. The van der Waals surface area contributed by atoms with Crippen molar-refractivity contribution in [3.05, 3.63) is 38.7 Å². The van der Waals surface area contributed by atoms with Crippen LogP contribution in [0.15, 0.2) is 12.1 Å². The third-order valence-corrected chi connectivity index (χ3v) is 1.55. The Morgan fingerprint density at radius 2 is 2.23 bits per heavy atom. The van der Waals surface area contributed by atoms with Crippen molar-refractivity contribution in [3.8, 4) is 6.07 Å². The van der Waals surface area contributed by atoms with Crippen LogP contribution in [0.2, 0.25) is 5.02 Å². The standard InChI is InChI=1S/C7H2ClFN2O2/c8-5-1-4(3-10)7(11(12)13)6(9)2-5/h1-2H. The number of hydrogen-bond donors (Lipinski definition) is 0. The molecule has 0 aliphatic carbocycles. The Morgan fingerprint density at radius 1 is 1.62 bits per heavy atom. The van der Waals surface area contributed by atoms with E-state index in [0.717, 1.165) is 12.1 Å². The van der Waals surface area contributed by atoms with Gasteiger partial charge >= 0.3 is 5.69 Å². The minimum Gasteiger partial charge on any atom is -0.258 e. The first-order valence-electron chi connectivity index (χ1n) is 3.10. The fourth-order valence-corrected chi connectivity index (χ4v) is 1.04. The summed E-state index contributed by atoms with van der Waals surface area (Å²) >= 11 is 5.39. The van der Waals surface area contributed by atoms with Gasteiger partial charge in [0.1, 0.15) is 11.6 Å². The summed E-state index contributed by atoms with van der Waals surface area (Å²) in [6.07, 6.45) is 0. The molecule has 0 aromatic heterocycles. The van der Waals surface area contributed by atoms with E-state index in [1.54, 1.807) is 0 Å². The van der Waals surface area contributed by atoms with Crippen molar-refractivity contribution in [1.29, 1.82) is 5.26 Å². The van der Waals surface area contributed by atoms with Crippen molar-refractivity contribution in [3.63, 3.8) is 0 Å². The molecule has 0 N–H and O–H groups in total. The summed E-state index contributed by atoms with van der Waals surface area (Å²) in [4.78, 5) is 9.33. The van der Waals surface area contributed by atoms with Crippen LogP contribution in [0.5, 0.6) is 0 Å². The van der Waals surface area contributed by atoms with Crippen LogP contribution in [0.4, 0.5) is 10.1 Å². The predicted molar refractivity (Wildman–Crippen MR) is 42.8 cm³/mol. The Kier molecular flexibility index (Phi) is 2.44. The quantitative estimate of drug-likeness (QED) is 0.516. The zero-order chi connectivity index (χ0) is 10.0. The average Bonchev–Trinajstić information content (AvgIpc) is 2.01. The molecular formula is C7H2ClFN2O2. The molecule has 1 aromatic rings. The Labute approximate surface area is 77.3 Å². The lowest BCUT2D eigenvalue weighted by Gasteiger charge is -1.96. The van der Waals surface area contributed by atoms with Gasteiger partial charge in [-0.1, -0.05) is 11.6 Å². The van der Waals surface area contributed by atoms with Crippen LogP contribution in [-0.2, 0) is 0 Å². The van der Waals surface area contributed by atoms with Crippen LogP contribution in [0, 0.1) is 27.3 Å². The Bertz CT molecular complexity index is 414. The van der Waals surface area contributed by atoms with Gasteiger partial charge in [0, 0.05) is 5.02 Å². The van der Waals surface area contributed by atoms with Gasteiger partial charge in [0.25, 0.3) is 0 Å². The summed E-state index contributed by atoms with van der Waals surface area (Å²) in [6, 6.07) is 3.33. The van der Waals surface area contributed by atoms with E-state index in [-0.39, 0.29) is 10.6 Å². The number of nitro groups is 1. The summed E-state index contributed by atoms with van der Waals surface area (Å²) in [7, 11) is 0. The molecule has 0 aliphatic heterocycles. The zero-order valence-electron chi connectivity index (χ0n) is 6.12. The Morgan fingerprint density at radius 3 is 2.69 bits per heavy atom. The van der Waals surface area contributed by atoms with Crippen molar-refractivity contribution in [2.75, 3.05) is 0 Å². The van der Waals surface area contributed by atoms with Crippen molar-refractivity contribution in [2.24, 2.45) is 0 Å². The predicted octanol–water partition coefficient (Wildman–Crippen LogP) is 2.26. The van der Waals surface area contributed by atoms with E-state index in [4.69, 9.17) is 16.9 Å². The van der Waals surface area contributed by atoms with Gasteiger partial charge in [-0.15, -0.1) is 0 Å². The maximum Gasteiger partial charge on any atom is 0.322 e. The van der Waals surface area contributed by atoms with E-state index in [9.17, 15) is 14.5 Å². The van der Waals surface area contributed by atoms with Crippen molar-refractivity contribution in [2.45, 2.75) is 0 Å². The van der Waals surface area contributed by atoms with E-state index in [0.29, 0.717) is 0 Å². The highest BCUT2D eigenvalue weighted by molar-refractivity contribution is 6.30. The van der Waals surface area contributed by atoms with Crippen LogP contribution in [-0.4, -0.2) is 4.92 Å². The largest absolute Gasteiger partial charge is 0.322 e. The molecule has 0 bridgehead atoms. The topological polar surface area (TPSA) is 66.9 Å². The Balaban J connectivity index is 3.50. The fraction of sp³-hybridized carbons (Fsp3) is 0. The smallest absolute Gasteiger partial charge is 0.258 e. The molecule has 0 radical (unpaired) electrons. The van der Waals surface area contributed by atoms with Crippen LogP contribution in [0.25, 0.3) is 0 Å². The fourth-order valence-electron chi connectivity index (χ4n) is 0.837. The molecule has 0 spiro atoms. The third kappa shape index (κ3) is 1.73. The monoisotopic (exact) mass is 200 g/mol. The molecule has 0 saturated heterocycles. The maximum atomic E-state index is 12.9. The lowest BCUT2D eigenvalue weighted by Crippen LogP contribution is -1.96. The van der Waals surface area contributed by atoms with Crippen LogP contribution < -0.4 is 0 Å². The number of nitriles is 1. The first kappa shape index (κ1) is 9.42. The molecule has 0 heterocycles. The molecule has 0 atom stereocenters. The highest BCUT2D eigenvalue weighted by atomic mass is 35.5. The average molecular weight is 201 g/mol. The third-order valence-electron chi connectivity index (χ3n) is 1.33. The van der Waals surface area contributed by atoms with Gasteiger partial charge in [-0.3, -0.25) is 10.1 Å². The lowest BCUT2D eigenvalue weighted by atomic mass is 10.2. The molecule has 1 aromatic carbocycles. The van der Waals surface area contributed by atoms with Gasteiger partial charge in [-0.2, -0.15) is 9.65 Å². The molecule has 0 fully saturated rings. The van der Waals surface area contributed by atoms with Crippen molar-refractivity contribution < 1.29 is 9.31 Å². The van der Waals surface area contributed by atoms with E-state index < -0.39 is 16.4 Å². The van der Waals surface area contributed by atoms with Gasteiger partial charge in [-0.05, 0) is 12.1 Å². The SMILES string of the molecule is N#Cc1cc(Cl)cc(F)c1[N+](=O)[O-]. The highest BCUT2D eigenvalue weighted by Gasteiger charge is 2.20. The summed E-state index contributed by atoms with van der Waals surface area (Å²) in [5.74, 6) is -1.10. The number of halogens is 2. The van der Waals surface area contributed by atoms with Gasteiger partial charge in [0.2, 0.25) is 5.82 Å². The van der Waals surface area contributed by atoms with Crippen LogP contribution >= 0.6 is 11.6 Å². The first-order chi connectivity index (χ1) is 6.06. The molecule has 66 valence electrons. The number of rotatable bonds is 1. The number of hydrogen-bond acceptors (Lipinski definition) is 3. The van der Waals surface area contributed by atoms with Crippen LogP contribution in [0.1, 0.15) is 5.56 Å². The molecular weight excluding hydrogens is 199 g/mol. The number of benzene rings is 1. The minimum atomic E-state index is -1.10. The number of nitrogens with zero attached hydrogens (tertiary/aromatic N) is 2. The molecule has 4 nitrogen and oxygen atoms in total. The second kappa shape index (κ2) is 3.37. The highest BCUT2D eigenvalue weighted by Crippen LogP contribution is 2.25. The summed E-state index contributed by atoms with van der Waals surface area (Å²) in [6.45, 7) is 0. The molecule has 13 heavy (non-hydrogen) atoms. The zero-order valence-corrected chi connectivity index (χ0v) is 6.88. The molecule has 1 rings (SSSR count). The first-order valence-corrected chi connectivity index (χ1v) is 3.47.